The molecule has 5 heteroatoms. The van der Waals surface area contributed by atoms with Crippen molar-refractivity contribution in [3.8, 4) is 5.75 Å². The van der Waals surface area contributed by atoms with E-state index < -0.39 is 6.10 Å². The number of aliphatic hydroxyl groups excluding tert-OH is 1. The molecule has 0 spiro atoms. The summed E-state index contributed by atoms with van der Waals surface area (Å²) in [6.45, 7) is 2.44. The molecular formula is C15H16ClNO3. The number of benzene rings is 1. The van der Waals surface area contributed by atoms with Crippen LogP contribution in [0.1, 0.15) is 18.6 Å². The lowest BCUT2D eigenvalue weighted by Crippen LogP contribution is -2.21. The predicted octanol–water partition coefficient (Wildman–Crippen LogP) is 2.63. The molecule has 0 aliphatic carbocycles. The lowest BCUT2D eigenvalue weighted by molar-refractivity contribution is 0.190. The molecule has 0 fully saturated rings. The molecule has 1 atom stereocenters. The second-order valence-corrected chi connectivity index (χ2v) is 4.88. The fourth-order valence-corrected chi connectivity index (χ4v) is 2.06. The second-order valence-electron chi connectivity index (χ2n) is 4.44. The molecule has 4 nitrogen and oxygen atoms in total. The van der Waals surface area contributed by atoms with Gasteiger partial charge in [-0.25, -0.2) is 0 Å². The summed E-state index contributed by atoms with van der Waals surface area (Å²) >= 11 is 5.90. The number of aliphatic hydroxyl groups is 1. The number of aromatic nitrogens is 1. The van der Waals surface area contributed by atoms with Gasteiger partial charge in [-0.2, -0.15) is 0 Å². The van der Waals surface area contributed by atoms with Crippen LogP contribution in [-0.4, -0.2) is 16.3 Å². The van der Waals surface area contributed by atoms with Gasteiger partial charge in [0.2, 0.25) is 0 Å². The molecule has 1 aromatic heterocycles. The van der Waals surface area contributed by atoms with Crippen LogP contribution in [0.2, 0.25) is 5.02 Å². The zero-order valence-corrected chi connectivity index (χ0v) is 11.9. The summed E-state index contributed by atoms with van der Waals surface area (Å²) in [7, 11) is 0. The molecule has 1 N–H and O–H groups in total. The average molecular weight is 294 g/mol. The van der Waals surface area contributed by atoms with Crippen LogP contribution in [0.15, 0.2) is 47.4 Å². The monoisotopic (exact) mass is 293 g/mol. The Balaban J connectivity index is 2.05. The van der Waals surface area contributed by atoms with Gasteiger partial charge in [0.05, 0.1) is 12.6 Å². The highest BCUT2D eigenvalue weighted by atomic mass is 35.5. The van der Waals surface area contributed by atoms with Crippen molar-refractivity contribution in [2.45, 2.75) is 19.6 Å². The number of nitrogens with zero attached hydrogens (tertiary/aromatic N) is 1. The van der Waals surface area contributed by atoms with E-state index in [0.29, 0.717) is 29.5 Å². The lowest BCUT2D eigenvalue weighted by atomic mass is 10.1. The quantitative estimate of drug-likeness (QED) is 0.922. The number of halogens is 1. The van der Waals surface area contributed by atoms with Crippen LogP contribution in [0.25, 0.3) is 0 Å². The standard InChI is InChI=1S/C15H16ClNO3/c1-11(18)13-10-12(16)5-6-14(13)20-9-8-17-7-3-2-4-15(17)19/h2-7,10-11,18H,8-9H2,1H3. The van der Waals surface area contributed by atoms with E-state index in [-0.39, 0.29) is 5.56 Å². The van der Waals surface area contributed by atoms with E-state index in [1.54, 1.807) is 48.0 Å². The van der Waals surface area contributed by atoms with E-state index in [1.807, 2.05) is 0 Å². The summed E-state index contributed by atoms with van der Waals surface area (Å²) in [5.74, 6) is 0.577. The van der Waals surface area contributed by atoms with Gasteiger partial charge in [-0.05, 0) is 31.2 Å². The lowest BCUT2D eigenvalue weighted by Gasteiger charge is -2.14. The molecule has 20 heavy (non-hydrogen) atoms. The highest BCUT2D eigenvalue weighted by Gasteiger charge is 2.10. The molecule has 0 bridgehead atoms. The van der Waals surface area contributed by atoms with Crippen molar-refractivity contribution in [1.29, 1.82) is 0 Å². The minimum Gasteiger partial charge on any atom is -0.491 e. The summed E-state index contributed by atoms with van der Waals surface area (Å²) < 4.78 is 7.20. The molecule has 0 radical (unpaired) electrons. The van der Waals surface area contributed by atoms with Crippen LogP contribution in [0.5, 0.6) is 5.75 Å². The first-order valence-corrected chi connectivity index (χ1v) is 6.71. The maximum absolute atomic E-state index is 11.5. The van der Waals surface area contributed by atoms with Crippen molar-refractivity contribution >= 4 is 11.6 Å². The molecule has 0 amide bonds. The summed E-state index contributed by atoms with van der Waals surface area (Å²) in [5, 5.41) is 10.2. The minimum atomic E-state index is -0.664. The Hall–Kier alpha value is -1.78. The Morgan fingerprint density at radius 3 is 2.85 bits per heavy atom. The molecular weight excluding hydrogens is 278 g/mol. The van der Waals surface area contributed by atoms with Crippen LogP contribution < -0.4 is 10.3 Å². The number of hydrogen-bond donors (Lipinski definition) is 1. The van der Waals surface area contributed by atoms with E-state index in [2.05, 4.69) is 0 Å². The number of hydrogen-bond acceptors (Lipinski definition) is 3. The largest absolute Gasteiger partial charge is 0.491 e. The van der Waals surface area contributed by atoms with Gasteiger partial charge >= 0.3 is 0 Å². The third kappa shape index (κ3) is 3.62. The smallest absolute Gasteiger partial charge is 0.250 e. The van der Waals surface area contributed by atoms with Crippen LogP contribution in [-0.2, 0) is 6.54 Å². The van der Waals surface area contributed by atoms with Crippen LogP contribution in [0, 0.1) is 0 Å². The van der Waals surface area contributed by atoms with Gasteiger partial charge in [0.1, 0.15) is 12.4 Å². The predicted molar refractivity (Wildman–Crippen MR) is 78.3 cm³/mol. The Labute approximate surface area is 122 Å². The summed E-state index contributed by atoms with van der Waals surface area (Å²) in [6.07, 6.45) is 1.05. The van der Waals surface area contributed by atoms with Gasteiger partial charge in [-0.3, -0.25) is 4.79 Å². The van der Waals surface area contributed by atoms with Crippen LogP contribution in [0.4, 0.5) is 0 Å². The Morgan fingerprint density at radius 1 is 1.35 bits per heavy atom. The van der Waals surface area contributed by atoms with E-state index in [1.165, 1.54) is 6.07 Å². The topological polar surface area (TPSA) is 51.5 Å². The van der Waals surface area contributed by atoms with E-state index in [9.17, 15) is 9.90 Å². The fraction of sp³-hybridized carbons (Fsp3) is 0.267. The zero-order valence-electron chi connectivity index (χ0n) is 11.1. The molecule has 0 saturated carbocycles. The first-order valence-electron chi connectivity index (χ1n) is 6.33. The van der Waals surface area contributed by atoms with Crippen molar-refractivity contribution in [2.75, 3.05) is 6.61 Å². The SMILES string of the molecule is CC(O)c1cc(Cl)ccc1OCCn1ccccc1=O. The molecule has 1 heterocycles. The third-order valence-electron chi connectivity index (χ3n) is 2.91. The zero-order chi connectivity index (χ0) is 14.5. The fourth-order valence-electron chi connectivity index (χ4n) is 1.88. The van der Waals surface area contributed by atoms with Gasteiger partial charge in [0.15, 0.2) is 0 Å². The number of pyridine rings is 1. The minimum absolute atomic E-state index is 0.0667. The summed E-state index contributed by atoms with van der Waals surface area (Å²) in [5.41, 5.74) is 0.570. The molecule has 0 aliphatic rings. The van der Waals surface area contributed by atoms with Crippen molar-refractivity contribution < 1.29 is 9.84 Å². The van der Waals surface area contributed by atoms with Gasteiger partial charge in [0, 0.05) is 22.8 Å². The van der Waals surface area contributed by atoms with Crippen LogP contribution in [0.3, 0.4) is 0 Å². The van der Waals surface area contributed by atoms with E-state index >= 15 is 0 Å². The highest BCUT2D eigenvalue weighted by Crippen LogP contribution is 2.28. The van der Waals surface area contributed by atoms with E-state index in [4.69, 9.17) is 16.3 Å². The average Bonchev–Trinajstić information content (AvgIpc) is 2.42. The Kier molecular flexibility index (Phi) is 4.82. The highest BCUT2D eigenvalue weighted by molar-refractivity contribution is 6.30. The maximum atomic E-state index is 11.5. The molecule has 2 aromatic rings. The second kappa shape index (κ2) is 6.59. The van der Waals surface area contributed by atoms with Crippen molar-refractivity contribution in [1.82, 2.24) is 4.57 Å². The summed E-state index contributed by atoms with van der Waals surface area (Å²) in [6, 6.07) is 10.1. The molecule has 1 aromatic carbocycles. The van der Waals surface area contributed by atoms with Crippen molar-refractivity contribution in [3.05, 3.63) is 63.5 Å². The number of ether oxygens (including phenoxy) is 1. The van der Waals surface area contributed by atoms with Gasteiger partial charge < -0.3 is 14.4 Å². The van der Waals surface area contributed by atoms with Gasteiger partial charge in [0.25, 0.3) is 5.56 Å². The van der Waals surface area contributed by atoms with Crippen LogP contribution >= 0.6 is 11.6 Å². The Bertz CT molecular complexity index is 637. The molecule has 106 valence electrons. The normalized spacial score (nSPS) is 12.2. The summed E-state index contributed by atoms with van der Waals surface area (Å²) in [4.78, 5) is 11.5. The van der Waals surface area contributed by atoms with Crippen molar-refractivity contribution in [2.24, 2.45) is 0 Å². The third-order valence-corrected chi connectivity index (χ3v) is 3.15. The molecule has 0 saturated heterocycles. The van der Waals surface area contributed by atoms with Crippen molar-refractivity contribution in [3.63, 3.8) is 0 Å². The maximum Gasteiger partial charge on any atom is 0.250 e. The molecule has 2 rings (SSSR count). The first-order chi connectivity index (χ1) is 9.58. The van der Waals surface area contributed by atoms with Gasteiger partial charge in [-0.15, -0.1) is 0 Å². The molecule has 0 aliphatic heterocycles. The number of rotatable bonds is 5. The Morgan fingerprint density at radius 2 is 2.15 bits per heavy atom. The first kappa shape index (κ1) is 14.6. The van der Waals surface area contributed by atoms with E-state index in [0.717, 1.165) is 0 Å². The van der Waals surface area contributed by atoms with Gasteiger partial charge in [-0.1, -0.05) is 17.7 Å². The molecule has 1 unspecified atom stereocenters.